The molecule has 2 N–H and O–H groups in total. The van der Waals surface area contributed by atoms with Crippen molar-refractivity contribution < 1.29 is 14.9 Å². The molecule has 2 aromatic carbocycles. The molecule has 0 aliphatic rings. The molecule has 0 spiro atoms. The molecule has 0 amide bonds. The fourth-order valence-corrected chi connectivity index (χ4v) is 2.30. The lowest BCUT2D eigenvalue weighted by Crippen LogP contribution is -2.11. The lowest BCUT2D eigenvalue weighted by atomic mass is 10.1. The molecule has 0 aliphatic carbocycles. The third-order valence-corrected chi connectivity index (χ3v) is 3.50. The topological polar surface area (TPSA) is 49.7 Å². The molecule has 0 radical (unpaired) electrons. The van der Waals surface area contributed by atoms with Gasteiger partial charge in [-0.15, -0.1) is 0 Å². The first-order valence-electron chi connectivity index (χ1n) is 6.41. The van der Waals surface area contributed by atoms with Crippen molar-refractivity contribution in [3.05, 3.63) is 64.1 Å². The zero-order valence-electron chi connectivity index (χ0n) is 11.2. The van der Waals surface area contributed by atoms with Crippen molar-refractivity contribution in [1.82, 2.24) is 0 Å². The summed E-state index contributed by atoms with van der Waals surface area (Å²) in [6, 6.07) is 14.8. The molecule has 106 valence electrons. The van der Waals surface area contributed by atoms with Crippen LogP contribution in [0.15, 0.2) is 53.0 Å². The molecule has 0 aliphatic heterocycles. The summed E-state index contributed by atoms with van der Waals surface area (Å²) < 4.78 is 6.52. The standard InChI is InChI=1S/C16H17BrO3/c1-11(18)14-9-13(17)7-8-16(14)20-10-15(19)12-5-3-2-4-6-12/h2-9,11,15,18-19H,10H2,1H3/t11-,15?/m1/s1. The highest BCUT2D eigenvalue weighted by molar-refractivity contribution is 9.10. The van der Waals surface area contributed by atoms with Gasteiger partial charge in [-0.25, -0.2) is 0 Å². The number of halogens is 1. The van der Waals surface area contributed by atoms with E-state index in [2.05, 4.69) is 15.9 Å². The normalized spacial score (nSPS) is 13.8. The number of benzene rings is 2. The molecule has 20 heavy (non-hydrogen) atoms. The van der Waals surface area contributed by atoms with Gasteiger partial charge >= 0.3 is 0 Å². The Balaban J connectivity index is 2.08. The number of hydrogen-bond acceptors (Lipinski definition) is 3. The second-order valence-electron chi connectivity index (χ2n) is 4.60. The van der Waals surface area contributed by atoms with Crippen molar-refractivity contribution >= 4 is 15.9 Å². The Bertz CT molecular complexity index is 555. The van der Waals surface area contributed by atoms with Crippen LogP contribution in [0.2, 0.25) is 0 Å². The van der Waals surface area contributed by atoms with E-state index >= 15 is 0 Å². The quantitative estimate of drug-likeness (QED) is 0.876. The van der Waals surface area contributed by atoms with E-state index < -0.39 is 12.2 Å². The molecule has 1 unspecified atom stereocenters. The predicted octanol–water partition coefficient (Wildman–Crippen LogP) is 3.61. The third-order valence-electron chi connectivity index (χ3n) is 3.00. The minimum Gasteiger partial charge on any atom is -0.490 e. The fraction of sp³-hybridized carbons (Fsp3) is 0.250. The predicted molar refractivity (Wildman–Crippen MR) is 81.7 cm³/mol. The SMILES string of the molecule is C[C@@H](O)c1cc(Br)ccc1OCC(O)c1ccccc1. The molecule has 2 aromatic rings. The van der Waals surface area contributed by atoms with Crippen LogP contribution in [0.25, 0.3) is 0 Å². The second kappa shape index (κ2) is 6.88. The summed E-state index contributed by atoms with van der Waals surface area (Å²) in [4.78, 5) is 0. The Morgan fingerprint density at radius 3 is 2.45 bits per heavy atom. The summed E-state index contributed by atoms with van der Waals surface area (Å²) in [7, 11) is 0. The van der Waals surface area contributed by atoms with Gasteiger partial charge in [-0.3, -0.25) is 0 Å². The van der Waals surface area contributed by atoms with Crippen LogP contribution in [0.1, 0.15) is 30.3 Å². The monoisotopic (exact) mass is 336 g/mol. The first-order chi connectivity index (χ1) is 9.58. The summed E-state index contributed by atoms with van der Waals surface area (Å²) in [6.45, 7) is 1.83. The number of aliphatic hydroxyl groups excluding tert-OH is 2. The van der Waals surface area contributed by atoms with Gasteiger partial charge < -0.3 is 14.9 Å². The number of hydrogen-bond donors (Lipinski definition) is 2. The number of aliphatic hydroxyl groups is 2. The Hall–Kier alpha value is -1.36. The van der Waals surface area contributed by atoms with E-state index in [0.717, 1.165) is 10.0 Å². The van der Waals surface area contributed by atoms with Gasteiger partial charge in [0.15, 0.2) is 0 Å². The Kier molecular flexibility index (Phi) is 5.17. The van der Waals surface area contributed by atoms with E-state index in [9.17, 15) is 10.2 Å². The van der Waals surface area contributed by atoms with Gasteiger partial charge in [0.2, 0.25) is 0 Å². The molecule has 3 nitrogen and oxygen atoms in total. The molecule has 4 heteroatoms. The Morgan fingerprint density at radius 2 is 1.80 bits per heavy atom. The van der Waals surface area contributed by atoms with Crippen LogP contribution >= 0.6 is 15.9 Å². The molecule has 0 saturated heterocycles. The number of rotatable bonds is 5. The van der Waals surface area contributed by atoms with Crippen molar-refractivity contribution in [2.24, 2.45) is 0 Å². The highest BCUT2D eigenvalue weighted by Gasteiger charge is 2.13. The molecule has 0 fully saturated rings. The summed E-state index contributed by atoms with van der Waals surface area (Å²) in [5, 5.41) is 19.8. The van der Waals surface area contributed by atoms with Crippen LogP contribution in [0.4, 0.5) is 0 Å². The molecular weight excluding hydrogens is 320 g/mol. The van der Waals surface area contributed by atoms with Crippen LogP contribution in [-0.4, -0.2) is 16.8 Å². The Labute approximate surface area is 127 Å². The largest absolute Gasteiger partial charge is 0.490 e. The summed E-state index contributed by atoms with van der Waals surface area (Å²) in [5.74, 6) is 0.582. The smallest absolute Gasteiger partial charge is 0.125 e. The average molecular weight is 337 g/mol. The minimum absolute atomic E-state index is 0.144. The summed E-state index contributed by atoms with van der Waals surface area (Å²) in [5.41, 5.74) is 1.50. The van der Waals surface area contributed by atoms with Crippen molar-refractivity contribution in [3.63, 3.8) is 0 Å². The van der Waals surface area contributed by atoms with Gasteiger partial charge in [-0.05, 0) is 30.7 Å². The van der Waals surface area contributed by atoms with E-state index in [1.54, 1.807) is 13.0 Å². The van der Waals surface area contributed by atoms with Crippen molar-refractivity contribution in [3.8, 4) is 5.75 Å². The van der Waals surface area contributed by atoms with Gasteiger partial charge in [0.05, 0.1) is 6.10 Å². The van der Waals surface area contributed by atoms with Crippen LogP contribution in [0, 0.1) is 0 Å². The fourth-order valence-electron chi connectivity index (χ4n) is 1.92. The van der Waals surface area contributed by atoms with E-state index in [1.807, 2.05) is 42.5 Å². The summed E-state index contributed by atoms with van der Waals surface area (Å²) in [6.07, 6.45) is -1.32. The first kappa shape index (κ1) is 15.0. The van der Waals surface area contributed by atoms with E-state index in [-0.39, 0.29) is 6.61 Å². The number of ether oxygens (including phenoxy) is 1. The van der Waals surface area contributed by atoms with Crippen molar-refractivity contribution in [2.45, 2.75) is 19.1 Å². The first-order valence-corrected chi connectivity index (χ1v) is 7.20. The van der Waals surface area contributed by atoms with Gasteiger partial charge in [0.25, 0.3) is 0 Å². The molecule has 2 atom stereocenters. The van der Waals surface area contributed by atoms with Crippen LogP contribution in [0.5, 0.6) is 5.75 Å². The van der Waals surface area contributed by atoms with Crippen LogP contribution in [0.3, 0.4) is 0 Å². The Morgan fingerprint density at radius 1 is 1.10 bits per heavy atom. The van der Waals surface area contributed by atoms with Crippen LogP contribution < -0.4 is 4.74 Å². The van der Waals surface area contributed by atoms with Gasteiger partial charge in [0, 0.05) is 10.0 Å². The molecule has 0 saturated carbocycles. The van der Waals surface area contributed by atoms with E-state index in [1.165, 1.54) is 0 Å². The van der Waals surface area contributed by atoms with Gasteiger partial charge in [-0.1, -0.05) is 46.3 Å². The van der Waals surface area contributed by atoms with Gasteiger partial charge in [0.1, 0.15) is 18.5 Å². The highest BCUT2D eigenvalue weighted by Crippen LogP contribution is 2.29. The van der Waals surface area contributed by atoms with Gasteiger partial charge in [-0.2, -0.15) is 0 Å². The molecule has 0 aromatic heterocycles. The van der Waals surface area contributed by atoms with E-state index in [0.29, 0.717) is 11.3 Å². The minimum atomic E-state index is -0.693. The second-order valence-corrected chi connectivity index (χ2v) is 5.51. The van der Waals surface area contributed by atoms with Crippen molar-refractivity contribution in [2.75, 3.05) is 6.61 Å². The molecular formula is C16H17BrO3. The van der Waals surface area contributed by atoms with E-state index in [4.69, 9.17) is 4.74 Å². The molecule has 2 rings (SSSR count). The molecule has 0 bridgehead atoms. The van der Waals surface area contributed by atoms with Crippen LogP contribution in [-0.2, 0) is 0 Å². The average Bonchev–Trinajstić information content (AvgIpc) is 2.46. The maximum atomic E-state index is 10.1. The highest BCUT2D eigenvalue weighted by atomic mass is 79.9. The molecule has 0 heterocycles. The zero-order chi connectivity index (χ0) is 14.5. The third kappa shape index (κ3) is 3.82. The maximum absolute atomic E-state index is 10.1. The lowest BCUT2D eigenvalue weighted by Gasteiger charge is -2.16. The van der Waals surface area contributed by atoms with Crippen molar-refractivity contribution in [1.29, 1.82) is 0 Å². The summed E-state index contributed by atoms with van der Waals surface area (Å²) >= 11 is 3.37. The maximum Gasteiger partial charge on any atom is 0.125 e. The zero-order valence-corrected chi connectivity index (χ0v) is 12.7. The lowest BCUT2D eigenvalue weighted by molar-refractivity contribution is 0.105.